The number of ether oxygens (including phenoxy) is 1. The molecule has 0 spiro atoms. The van der Waals surface area contributed by atoms with Gasteiger partial charge in [-0.25, -0.2) is 13.8 Å². The van der Waals surface area contributed by atoms with Crippen LogP contribution in [-0.2, 0) is 15.8 Å². The molecule has 1 saturated carbocycles. The molecule has 0 saturated heterocycles. The second kappa shape index (κ2) is 8.55. The summed E-state index contributed by atoms with van der Waals surface area (Å²) >= 11 is 5.97. The van der Waals surface area contributed by atoms with Crippen LogP contribution in [0.15, 0.2) is 48.5 Å². The summed E-state index contributed by atoms with van der Waals surface area (Å²) in [6.45, 7) is 1.48. The standard InChI is InChI=1S/C26H24ClF2N3O3/c1-25(24(33)31-15-7-8-15)13-35-23-17(25)10-21(26(34,12-30)14-5-3-2-4-6-14)32-22(23)16-9-18(27)20(29)11-19(16)28/h2-6,9-11,15,34H,7-8,12-13,30H2,1H3,(H,31,33)/t25-,26+/m0/s1. The Morgan fingerprint density at radius 2 is 1.97 bits per heavy atom. The number of benzene rings is 2. The summed E-state index contributed by atoms with van der Waals surface area (Å²) in [4.78, 5) is 17.8. The van der Waals surface area contributed by atoms with Crippen LogP contribution in [0.25, 0.3) is 11.3 Å². The van der Waals surface area contributed by atoms with E-state index in [2.05, 4.69) is 10.3 Å². The summed E-state index contributed by atoms with van der Waals surface area (Å²) in [5.41, 5.74) is 4.05. The number of nitrogens with one attached hydrogen (secondary N) is 1. The topological polar surface area (TPSA) is 97.5 Å². The number of rotatable bonds is 6. The van der Waals surface area contributed by atoms with E-state index in [0.29, 0.717) is 17.2 Å². The zero-order valence-electron chi connectivity index (χ0n) is 18.9. The molecule has 5 rings (SSSR count). The number of halogens is 3. The van der Waals surface area contributed by atoms with E-state index < -0.39 is 22.7 Å². The highest BCUT2D eigenvalue weighted by Crippen LogP contribution is 2.47. The molecule has 1 aromatic heterocycles. The van der Waals surface area contributed by atoms with E-state index in [1.165, 1.54) is 0 Å². The molecule has 182 valence electrons. The van der Waals surface area contributed by atoms with Gasteiger partial charge in [-0.05, 0) is 37.5 Å². The third-order valence-electron chi connectivity index (χ3n) is 6.72. The molecule has 0 bridgehead atoms. The zero-order valence-corrected chi connectivity index (χ0v) is 19.7. The van der Waals surface area contributed by atoms with Crippen molar-refractivity contribution in [1.82, 2.24) is 10.3 Å². The molecule has 3 aromatic rings. The predicted octanol–water partition coefficient (Wildman–Crippen LogP) is 3.80. The molecule has 2 heterocycles. The molecule has 1 aliphatic carbocycles. The van der Waals surface area contributed by atoms with E-state index in [1.54, 1.807) is 43.3 Å². The lowest BCUT2D eigenvalue weighted by Crippen LogP contribution is -2.44. The maximum atomic E-state index is 15.0. The predicted molar refractivity (Wildman–Crippen MR) is 127 cm³/mol. The molecule has 6 nitrogen and oxygen atoms in total. The lowest BCUT2D eigenvalue weighted by atomic mass is 9.80. The molecule has 1 amide bonds. The Kier molecular flexibility index (Phi) is 5.78. The first-order valence-electron chi connectivity index (χ1n) is 11.3. The lowest BCUT2D eigenvalue weighted by molar-refractivity contribution is -0.126. The maximum Gasteiger partial charge on any atom is 0.234 e. The van der Waals surface area contributed by atoms with E-state index in [1.807, 2.05) is 0 Å². The van der Waals surface area contributed by atoms with Crippen LogP contribution in [-0.4, -0.2) is 35.2 Å². The first-order chi connectivity index (χ1) is 16.7. The number of aromatic nitrogens is 1. The molecular formula is C26H24ClF2N3O3. The minimum Gasteiger partial charge on any atom is -0.489 e. The summed E-state index contributed by atoms with van der Waals surface area (Å²) in [6.07, 6.45) is 1.81. The second-order valence-corrected chi connectivity index (χ2v) is 9.69. The fourth-order valence-electron chi connectivity index (χ4n) is 4.33. The van der Waals surface area contributed by atoms with Crippen molar-refractivity contribution in [1.29, 1.82) is 0 Å². The molecule has 1 aliphatic heterocycles. The van der Waals surface area contributed by atoms with Crippen molar-refractivity contribution in [3.05, 3.63) is 82.0 Å². The third kappa shape index (κ3) is 3.95. The monoisotopic (exact) mass is 499 g/mol. The summed E-state index contributed by atoms with van der Waals surface area (Å²) in [6, 6.07) is 12.2. The molecule has 0 unspecified atom stereocenters. The molecule has 4 N–H and O–H groups in total. The van der Waals surface area contributed by atoms with E-state index in [-0.39, 0.29) is 52.8 Å². The van der Waals surface area contributed by atoms with Gasteiger partial charge in [-0.1, -0.05) is 41.9 Å². The van der Waals surface area contributed by atoms with Gasteiger partial charge in [0.15, 0.2) is 0 Å². The van der Waals surface area contributed by atoms with Crippen molar-refractivity contribution in [2.75, 3.05) is 13.2 Å². The maximum absolute atomic E-state index is 15.0. The fourth-order valence-corrected chi connectivity index (χ4v) is 4.49. The quantitative estimate of drug-likeness (QED) is 0.448. The summed E-state index contributed by atoms with van der Waals surface area (Å²) in [5, 5.41) is 14.4. The SMILES string of the molecule is C[C@]1(C(=O)NC2CC2)COc2c1cc([C@@](O)(CN)c1ccccc1)nc2-c1cc(Cl)c(F)cc1F. The average molecular weight is 500 g/mol. The van der Waals surface area contributed by atoms with Crippen molar-refractivity contribution < 1.29 is 23.4 Å². The Morgan fingerprint density at radius 3 is 2.63 bits per heavy atom. The van der Waals surface area contributed by atoms with Crippen LogP contribution in [0.2, 0.25) is 5.02 Å². The Bertz CT molecular complexity index is 1320. The van der Waals surface area contributed by atoms with Crippen LogP contribution in [0.4, 0.5) is 8.78 Å². The van der Waals surface area contributed by atoms with Crippen molar-refractivity contribution >= 4 is 17.5 Å². The van der Waals surface area contributed by atoms with Crippen molar-refractivity contribution in [3.8, 4) is 17.0 Å². The lowest BCUT2D eigenvalue weighted by Gasteiger charge is -2.29. The normalized spacial score (nSPS) is 20.6. The first-order valence-corrected chi connectivity index (χ1v) is 11.7. The van der Waals surface area contributed by atoms with Gasteiger partial charge >= 0.3 is 0 Å². The van der Waals surface area contributed by atoms with Gasteiger partial charge in [0, 0.05) is 29.8 Å². The Labute approximate surface area is 206 Å². The fraction of sp³-hybridized carbons (Fsp3) is 0.308. The third-order valence-corrected chi connectivity index (χ3v) is 7.01. The van der Waals surface area contributed by atoms with Gasteiger partial charge in [-0.15, -0.1) is 0 Å². The first kappa shape index (κ1) is 23.7. The van der Waals surface area contributed by atoms with E-state index in [9.17, 15) is 18.7 Å². The van der Waals surface area contributed by atoms with Crippen LogP contribution < -0.4 is 15.8 Å². The molecule has 1 fully saturated rings. The van der Waals surface area contributed by atoms with Crippen LogP contribution in [0, 0.1) is 11.6 Å². The van der Waals surface area contributed by atoms with Crippen molar-refractivity contribution in [2.24, 2.45) is 5.73 Å². The number of carbonyl (C=O) groups excluding carboxylic acids is 1. The van der Waals surface area contributed by atoms with Crippen molar-refractivity contribution in [3.63, 3.8) is 0 Å². The second-order valence-electron chi connectivity index (χ2n) is 9.28. The minimum atomic E-state index is -1.75. The Morgan fingerprint density at radius 1 is 1.26 bits per heavy atom. The van der Waals surface area contributed by atoms with Gasteiger partial charge < -0.3 is 20.9 Å². The highest BCUT2D eigenvalue weighted by Gasteiger charge is 2.48. The van der Waals surface area contributed by atoms with Crippen LogP contribution >= 0.6 is 11.6 Å². The number of hydrogen-bond donors (Lipinski definition) is 3. The number of aliphatic hydroxyl groups is 1. The number of fused-ring (bicyclic) bond motifs is 1. The number of amides is 1. The van der Waals surface area contributed by atoms with Gasteiger partial charge in [-0.2, -0.15) is 0 Å². The van der Waals surface area contributed by atoms with Crippen LogP contribution in [0.1, 0.15) is 36.6 Å². The molecule has 35 heavy (non-hydrogen) atoms. The minimum absolute atomic E-state index is 0.00246. The van der Waals surface area contributed by atoms with Crippen molar-refractivity contribution in [2.45, 2.75) is 36.8 Å². The summed E-state index contributed by atoms with van der Waals surface area (Å²) in [5.74, 6) is -1.89. The Balaban J connectivity index is 1.75. The average Bonchev–Trinajstić information content (AvgIpc) is 3.61. The van der Waals surface area contributed by atoms with Gasteiger partial charge in [0.25, 0.3) is 0 Å². The number of nitrogens with two attached hydrogens (primary N) is 1. The summed E-state index contributed by atoms with van der Waals surface area (Å²) in [7, 11) is 0. The number of nitrogens with zero attached hydrogens (tertiary/aromatic N) is 1. The van der Waals surface area contributed by atoms with E-state index in [0.717, 1.165) is 18.9 Å². The molecule has 0 radical (unpaired) electrons. The zero-order chi connectivity index (χ0) is 25.0. The Hall–Kier alpha value is -3.07. The smallest absolute Gasteiger partial charge is 0.234 e. The van der Waals surface area contributed by atoms with Gasteiger partial charge in [0.1, 0.15) is 40.7 Å². The van der Waals surface area contributed by atoms with E-state index >= 15 is 0 Å². The number of carbonyl (C=O) groups is 1. The number of pyridine rings is 1. The highest BCUT2D eigenvalue weighted by molar-refractivity contribution is 6.31. The van der Waals surface area contributed by atoms with Crippen LogP contribution in [0.5, 0.6) is 5.75 Å². The molecule has 2 aliphatic rings. The molecular weight excluding hydrogens is 476 g/mol. The number of hydrogen-bond acceptors (Lipinski definition) is 5. The largest absolute Gasteiger partial charge is 0.489 e. The summed E-state index contributed by atoms with van der Waals surface area (Å²) < 4.78 is 34.8. The van der Waals surface area contributed by atoms with E-state index in [4.69, 9.17) is 22.1 Å². The molecule has 2 atom stereocenters. The van der Waals surface area contributed by atoms with Gasteiger partial charge in [-0.3, -0.25) is 4.79 Å². The molecule has 2 aromatic carbocycles. The highest BCUT2D eigenvalue weighted by atomic mass is 35.5. The molecule has 9 heteroatoms. The van der Waals surface area contributed by atoms with Gasteiger partial charge in [0.05, 0.1) is 10.7 Å². The van der Waals surface area contributed by atoms with Gasteiger partial charge in [0.2, 0.25) is 5.91 Å². The van der Waals surface area contributed by atoms with Crippen LogP contribution in [0.3, 0.4) is 0 Å².